The third-order valence-corrected chi connectivity index (χ3v) is 2.49. The number of hydrogen-bond donors (Lipinski definition) is 1. The zero-order valence-corrected chi connectivity index (χ0v) is 11.9. The SMILES string of the molecule is CCCOc1ccnc(-n2cc(N)c(C(=O)OCC)n2)n1. The van der Waals surface area contributed by atoms with Gasteiger partial charge in [0, 0.05) is 12.3 Å². The molecule has 0 amide bonds. The van der Waals surface area contributed by atoms with Gasteiger partial charge in [-0.15, -0.1) is 0 Å². The zero-order valence-electron chi connectivity index (χ0n) is 11.9. The maximum Gasteiger partial charge on any atom is 0.361 e. The van der Waals surface area contributed by atoms with Crippen molar-refractivity contribution in [1.82, 2.24) is 19.7 Å². The van der Waals surface area contributed by atoms with E-state index in [-0.39, 0.29) is 23.9 Å². The number of anilines is 1. The van der Waals surface area contributed by atoms with Crippen LogP contribution in [-0.4, -0.2) is 38.9 Å². The van der Waals surface area contributed by atoms with Crippen molar-refractivity contribution in [3.8, 4) is 11.8 Å². The molecule has 0 bridgehead atoms. The Bertz CT molecular complexity index is 626. The predicted octanol–water partition coefficient (Wildman–Crippen LogP) is 1.21. The Morgan fingerprint density at radius 1 is 1.43 bits per heavy atom. The molecule has 0 spiro atoms. The molecule has 2 aromatic heterocycles. The predicted molar refractivity (Wildman–Crippen MR) is 75.3 cm³/mol. The Kier molecular flexibility index (Phi) is 4.70. The van der Waals surface area contributed by atoms with Crippen molar-refractivity contribution in [3.63, 3.8) is 0 Å². The molecule has 0 fully saturated rings. The highest BCUT2D eigenvalue weighted by atomic mass is 16.5. The summed E-state index contributed by atoms with van der Waals surface area (Å²) in [4.78, 5) is 20.0. The average molecular weight is 291 g/mol. The van der Waals surface area contributed by atoms with E-state index in [2.05, 4.69) is 15.1 Å². The quantitative estimate of drug-likeness (QED) is 0.797. The summed E-state index contributed by atoms with van der Waals surface area (Å²) in [5, 5.41) is 4.06. The summed E-state index contributed by atoms with van der Waals surface area (Å²) >= 11 is 0. The van der Waals surface area contributed by atoms with Gasteiger partial charge in [0.05, 0.1) is 25.1 Å². The van der Waals surface area contributed by atoms with E-state index in [1.165, 1.54) is 10.9 Å². The normalized spacial score (nSPS) is 10.4. The molecule has 2 aromatic rings. The molecule has 112 valence electrons. The maximum atomic E-state index is 11.7. The van der Waals surface area contributed by atoms with Crippen molar-refractivity contribution in [2.24, 2.45) is 0 Å². The highest BCUT2D eigenvalue weighted by molar-refractivity contribution is 5.92. The van der Waals surface area contributed by atoms with Gasteiger partial charge in [0.15, 0.2) is 5.69 Å². The van der Waals surface area contributed by atoms with Crippen LogP contribution in [-0.2, 0) is 4.74 Å². The maximum absolute atomic E-state index is 11.7. The van der Waals surface area contributed by atoms with Gasteiger partial charge < -0.3 is 15.2 Å². The summed E-state index contributed by atoms with van der Waals surface area (Å²) < 4.78 is 11.6. The molecule has 0 atom stereocenters. The third-order valence-electron chi connectivity index (χ3n) is 2.49. The molecule has 0 aliphatic carbocycles. The fourth-order valence-electron chi connectivity index (χ4n) is 1.58. The number of nitrogens with two attached hydrogens (primary N) is 1. The Morgan fingerprint density at radius 3 is 2.95 bits per heavy atom. The lowest BCUT2D eigenvalue weighted by molar-refractivity contribution is 0.0520. The van der Waals surface area contributed by atoms with E-state index < -0.39 is 5.97 Å². The number of aromatic nitrogens is 4. The average Bonchev–Trinajstić information content (AvgIpc) is 2.88. The number of nitrogen functional groups attached to an aromatic ring is 1. The minimum atomic E-state index is -0.577. The lowest BCUT2D eigenvalue weighted by atomic mass is 10.4. The minimum Gasteiger partial charge on any atom is -0.478 e. The third kappa shape index (κ3) is 3.47. The molecule has 0 radical (unpaired) electrons. The number of nitrogens with zero attached hydrogens (tertiary/aromatic N) is 4. The van der Waals surface area contributed by atoms with E-state index in [4.69, 9.17) is 15.2 Å². The molecule has 2 rings (SSSR count). The van der Waals surface area contributed by atoms with Gasteiger partial charge in [0.2, 0.25) is 5.88 Å². The van der Waals surface area contributed by atoms with Crippen molar-refractivity contribution in [3.05, 3.63) is 24.2 Å². The number of ether oxygens (including phenoxy) is 2. The Hall–Kier alpha value is -2.64. The van der Waals surface area contributed by atoms with Crippen LogP contribution in [0.5, 0.6) is 5.88 Å². The largest absolute Gasteiger partial charge is 0.478 e. The summed E-state index contributed by atoms with van der Waals surface area (Å²) in [7, 11) is 0. The number of esters is 1. The van der Waals surface area contributed by atoms with Crippen LogP contribution in [0.2, 0.25) is 0 Å². The Labute approximate surface area is 121 Å². The first kappa shape index (κ1) is 14.8. The summed E-state index contributed by atoms with van der Waals surface area (Å²) in [6.45, 7) is 4.53. The van der Waals surface area contributed by atoms with Gasteiger partial charge in [-0.1, -0.05) is 6.92 Å². The number of carbonyl (C=O) groups excluding carboxylic acids is 1. The van der Waals surface area contributed by atoms with E-state index in [0.717, 1.165) is 6.42 Å². The van der Waals surface area contributed by atoms with Crippen molar-refractivity contribution in [1.29, 1.82) is 0 Å². The molecule has 0 saturated carbocycles. The van der Waals surface area contributed by atoms with Crippen molar-refractivity contribution in [2.45, 2.75) is 20.3 Å². The molecule has 2 N–H and O–H groups in total. The highest BCUT2D eigenvalue weighted by Gasteiger charge is 2.17. The van der Waals surface area contributed by atoms with Gasteiger partial charge in [-0.3, -0.25) is 0 Å². The van der Waals surface area contributed by atoms with Gasteiger partial charge in [-0.05, 0) is 13.3 Å². The Balaban J connectivity index is 2.26. The summed E-state index contributed by atoms with van der Waals surface area (Å²) in [5.41, 5.74) is 6.00. The van der Waals surface area contributed by atoms with E-state index in [0.29, 0.717) is 12.5 Å². The van der Waals surface area contributed by atoms with Crippen molar-refractivity contribution < 1.29 is 14.3 Å². The lowest BCUT2D eigenvalue weighted by Crippen LogP contribution is -2.09. The monoisotopic (exact) mass is 291 g/mol. The molecule has 0 saturated heterocycles. The van der Waals surface area contributed by atoms with Crippen molar-refractivity contribution >= 4 is 11.7 Å². The van der Waals surface area contributed by atoms with Gasteiger partial charge >= 0.3 is 5.97 Å². The van der Waals surface area contributed by atoms with E-state index in [1.807, 2.05) is 6.92 Å². The summed E-state index contributed by atoms with van der Waals surface area (Å²) in [6.07, 6.45) is 3.89. The number of carbonyl (C=O) groups is 1. The van der Waals surface area contributed by atoms with Crippen LogP contribution in [0.25, 0.3) is 5.95 Å². The van der Waals surface area contributed by atoms with E-state index in [9.17, 15) is 4.79 Å². The molecule has 8 heteroatoms. The molecule has 0 aliphatic rings. The van der Waals surface area contributed by atoms with E-state index in [1.54, 1.807) is 19.2 Å². The van der Waals surface area contributed by atoms with Crippen LogP contribution in [0.3, 0.4) is 0 Å². The van der Waals surface area contributed by atoms with Crippen LogP contribution in [0, 0.1) is 0 Å². The van der Waals surface area contributed by atoms with Gasteiger partial charge in [0.25, 0.3) is 5.95 Å². The molecule has 0 aliphatic heterocycles. The van der Waals surface area contributed by atoms with Crippen LogP contribution >= 0.6 is 0 Å². The van der Waals surface area contributed by atoms with Crippen LogP contribution in [0.4, 0.5) is 5.69 Å². The zero-order chi connectivity index (χ0) is 15.2. The molecular weight excluding hydrogens is 274 g/mol. The van der Waals surface area contributed by atoms with Gasteiger partial charge in [0.1, 0.15) is 0 Å². The second kappa shape index (κ2) is 6.69. The van der Waals surface area contributed by atoms with Crippen LogP contribution in [0.1, 0.15) is 30.8 Å². The minimum absolute atomic E-state index is 0.0420. The first-order valence-corrected chi connectivity index (χ1v) is 6.64. The number of rotatable bonds is 6. The molecule has 0 aromatic carbocycles. The molecule has 2 heterocycles. The summed E-state index contributed by atoms with van der Waals surface area (Å²) in [5.74, 6) is 0.131. The first-order chi connectivity index (χ1) is 10.2. The summed E-state index contributed by atoms with van der Waals surface area (Å²) in [6, 6.07) is 1.65. The molecule has 0 unspecified atom stereocenters. The van der Waals surface area contributed by atoms with Gasteiger partial charge in [-0.2, -0.15) is 10.1 Å². The van der Waals surface area contributed by atoms with Crippen LogP contribution in [0.15, 0.2) is 18.5 Å². The van der Waals surface area contributed by atoms with Crippen molar-refractivity contribution in [2.75, 3.05) is 18.9 Å². The molecule has 8 nitrogen and oxygen atoms in total. The van der Waals surface area contributed by atoms with Gasteiger partial charge in [-0.25, -0.2) is 14.5 Å². The Morgan fingerprint density at radius 2 is 2.24 bits per heavy atom. The lowest BCUT2D eigenvalue weighted by Gasteiger charge is -2.04. The second-order valence-electron chi connectivity index (χ2n) is 4.14. The molecular formula is C13H17N5O3. The second-order valence-corrected chi connectivity index (χ2v) is 4.14. The van der Waals surface area contributed by atoms with Crippen LogP contribution < -0.4 is 10.5 Å². The fourth-order valence-corrected chi connectivity index (χ4v) is 1.58. The molecule has 21 heavy (non-hydrogen) atoms. The van der Waals surface area contributed by atoms with E-state index >= 15 is 0 Å². The number of hydrogen-bond acceptors (Lipinski definition) is 7. The smallest absolute Gasteiger partial charge is 0.361 e. The standard InChI is InChI=1S/C13H17N5O3/c1-3-7-21-10-5-6-15-13(16-10)18-8-9(14)11(17-18)12(19)20-4-2/h5-6,8H,3-4,7,14H2,1-2H3. The first-order valence-electron chi connectivity index (χ1n) is 6.64. The highest BCUT2D eigenvalue weighted by Crippen LogP contribution is 2.14. The fraction of sp³-hybridized carbons (Fsp3) is 0.385. The topological polar surface area (TPSA) is 105 Å².